The number of anilines is 1. The maximum absolute atomic E-state index is 12.4. The summed E-state index contributed by atoms with van der Waals surface area (Å²) in [6, 6.07) is 10.9. The number of hydrogen-bond donors (Lipinski definition) is 1. The molecule has 0 fully saturated rings. The first-order chi connectivity index (χ1) is 11.2. The second-order valence-corrected chi connectivity index (χ2v) is 6.02. The molecule has 0 saturated carbocycles. The minimum absolute atomic E-state index is 0.154. The Hall–Kier alpha value is -2.73. The van der Waals surface area contributed by atoms with E-state index in [1.807, 2.05) is 37.3 Å². The summed E-state index contributed by atoms with van der Waals surface area (Å²) in [5.74, 6) is 0.540. The molecule has 1 amide bonds. The molecule has 0 aliphatic rings. The molecule has 0 spiro atoms. The van der Waals surface area contributed by atoms with E-state index >= 15 is 0 Å². The fourth-order valence-electron chi connectivity index (χ4n) is 2.40. The van der Waals surface area contributed by atoms with Gasteiger partial charge < -0.3 is 9.73 Å². The third-order valence-electron chi connectivity index (χ3n) is 3.59. The number of benzene rings is 2. The summed E-state index contributed by atoms with van der Waals surface area (Å²) in [7, 11) is 0. The molecule has 2 aromatic heterocycles. The zero-order chi connectivity index (χ0) is 15.8. The average Bonchev–Trinajstić information content (AvgIpc) is 3.19. The van der Waals surface area contributed by atoms with Crippen LogP contribution in [0.15, 0.2) is 46.3 Å². The third kappa shape index (κ3) is 2.57. The number of aromatic nitrogens is 2. The van der Waals surface area contributed by atoms with Gasteiger partial charge in [-0.05, 0) is 36.4 Å². The molecule has 2 aromatic carbocycles. The summed E-state index contributed by atoms with van der Waals surface area (Å²) < 4.78 is 6.57. The second-order valence-electron chi connectivity index (χ2n) is 5.13. The van der Waals surface area contributed by atoms with Crippen molar-refractivity contribution in [3.8, 4) is 0 Å². The van der Waals surface area contributed by atoms with E-state index in [0.717, 1.165) is 27.7 Å². The Balaban J connectivity index is 1.62. The quantitative estimate of drug-likeness (QED) is 0.612. The van der Waals surface area contributed by atoms with Crippen LogP contribution in [-0.2, 0) is 6.42 Å². The number of nitrogens with zero attached hydrogens (tertiary/aromatic N) is 2. The molecule has 0 radical (unpaired) electrons. The number of carbonyl (C=O) groups is 1. The van der Waals surface area contributed by atoms with Crippen molar-refractivity contribution < 1.29 is 9.21 Å². The van der Waals surface area contributed by atoms with Crippen molar-refractivity contribution in [3.05, 3.63) is 53.4 Å². The first-order valence-electron chi connectivity index (χ1n) is 7.27. The first-order valence-corrected chi connectivity index (χ1v) is 8.15. The highest BCUT2D eigenvalue weighted by Gasteiger charge is 2.10. The molecule has 5 nitrogen and oxygen atoms in total. The SMILES string of the molecule is CCc1nc2cc(NC(=O)c3ccc4ncsc4c3)ccc2o1. The maximum atomic E-state index is 12.4. The fourth-order valence-corrected chi connectivity index (χ4v) is 3.12. The van der Waals surface area contributed by atoms with Crippen molar-refractivity contribution in [2.45, 2.75) is 13.3 Å². The third-order valence-corrected chi connectivity index (χ3v) is 4.38. The van der Waals surface area contributed by atoms with Gasteiger partial charge in [-0.2, -0.15) is 0 Å². The van der Waals surface area contributed by atoms with Crippen molar-refractivity contribution in [2.75, 3.05) is 5.32 Å². The normalized spacial score (nSPS) is 11.2. The lowest BCUT2D eigenvalue weighted by atomic mass is 10.2. The molecule has 23 heavy (non-hydrogen) atoms. The minimum atomic E-state index is -0.154. The number of thiazole rings is 1. The van der Waals surface area contributed by atoms with Gasteiger partial charge in [0.2, 0.25) is 0 Å². The van der Waals surface area contributed by atoms with E-state index in [9.17, 15) is 4.79 Å². The van der Waals surface area contributed by atoms with Crippen LogP contribution in [-0.4, -0.2) is 15.9 Å². The van der Waals surface area contributed by atoms with Gasteiger partial charge in [0.05, 0.1) is 15.7 Å². The Morgan fingerprint density at radius 3 is 3.00 bits per heavy atom. The van der Waals surface area contributed by atoms with E-state index in [2.05, 4.69) is 15.3 Å². The highest BCUT2D eigenvalue weighted by molar-refractivity contribution is 7.16. The van der Waals surface area contributed by atoms with Gasteiger partial charge in [-0.15, -0.1) is 11.3 Å². The van der Waals surface area contributed by atoms with Crippen molar-refractivity contribution >= 4 is 44.2 Å². The zero-order valence-corrected chi connectivity index (χ0v) is 13.2. The summed E-state index contributed by atoms with van der Waals surface area (Å²) in [5, 5.41) is 2.90. The Morgan fingerprint density at radius 2 is 2.13 bits per heavy atom. The maximum Gasteiger partial charge on any atom is 0.255 e. The number of carbonyl (C=O) groups excluding carboxylic acids is 1. The van der Waals surface area contributed by atoms with Crippen molar-refractivity contribution in [1.29, 1.82) is 0 Å². The van der Waals surface area contributed by atoms with E-state index in [4.69, 9.17) is 4.42 Å². The van der Waals surface area contributed by atoms with Gasteiger partial charge in [0.25, 0.3) is 5.91 Å². The Labute approximate surface area is 136 Å². The molecule has 0 atom stereocenters. The molecule has 0 bridgehead atoms. The van der Waals surface area contributed by atoms with Crippen molar-refractivity contribution in [1.82, 2.24) is 9.97 Å². The van der Waals surface area contributed by atoms with Gasteiger partial charge in [0.1, 0.15) is 5.52 Å². The molecule has 2 heterocycles. The Morgan fingerprint density at radius 1 is 1.22 bits per heavy atom. The smallest absolute Gasteiger partial charge is 0.255 e. The summed E-state index contributed by atoms with van der Waals surface area (Å²) in [6.45, 7) is 1.99. The monoisotopic (exact) mass is 323 g/mol. The summed E-state index contributed by atoms with van der Waals surface area (Å²) in [5.41, 5.74) is 5.46. The number of amides is 1. The number of rotatable bonds is 3. The van der Waals surface area contributed by atoms with Gasteiger partial charge in [-0.1, -0.05) is 6.92 Å². The van der Waals surface area contributed by atoms with Gasteiger partial charge in [0, 0.05) is 17.7 Å². The van der Waals surface area contributed by atoms with Gasteiger partial charge in [0.15, 0.2) is 11.5 Å². The number of fused-ring (bicyclic) bond motifs is 2. The summed E-state index contributed by atoms with van der Waals surface area (Å²) in [6.07, 6.45) is 0.741. The van der Waals surface area contributed by atoms with Crippen LogP contribution >= 0.6 is 11.3 Å². The minimum Gasteiger partial charge on any atom is -0.441 e. The number of hydrogen-bond acceptors (Lipinski definition) is 5. The molecule has 6 heteroatoms. The molecule has 0 unspecified atom stereocenters. The first kappa shape index (κ1) is 13.9. The highest BCUT2D eigenvalue weighted by Crippen LogP contribution is 2.22. The van der Waals surface area contributed by atoms with Crippen molar-refractivity contribution in [2.24, 2.45) is 0 Å². The molecule has 1 N–H and O–H groups in total. The average molecular weight is 323 g/mol. The lowest BCUT2D eigenvalue weighted by Gasteiger charge is -2.05. The molecule has 4 rings (SSSR count). The van der Waals surface area contributed by atoms with E-state index in [0.29, 0.717) is 17.1 Å². The standard InChI is InChI=1S/C17H13N3O2S/c1-2-16-20-13-8-11(4-6-14(13)22-16)19-17(21)10-3-5-12-15(7-10)23-9-18-12/h3-9H,2H2,1H3,(H,19,21). The Bertz CT molecular complexity index is 1020. The van der Waals surface area contributed by atoms with Crippen molar-refractivity contribution in [3.63, 3.8) is 0 Å². The fraction of sp³-hybridized carbons (Fsp3) is 0.118. The van der Waals surface area contributed by atoms with E-state index in [1.165, 1.54) is 11.3 Å². The predicted octanol–water partition coefficient (Wildman–Crippen LogP) is 4.25. The molecule has 114 valence electrons. The molecular weight excluding hydrogens is 310 g/mol. The van der Waals surface area contributed by atoms with Gasteiger partial charge >= 0.3 is 0 Å². The van der Waals surface area contributed by atoms with Crippen LogP contribution in [0.2, 0.25) is 0 Å². The second kappa shape index (κ2) is 5.48. The predicted molar refractivity (Wildman–Crippen MR) is 91.0 cm³/mol. The Kier molecular flexibility index (Phi) is 3.31. The van der Waals surface area contributed by atoms with Crippen LogP contribution in [0.25, 0.3) is 21.3 Å². The topological polar surface area (TPSA) is 68.0 Å². The molecule has 0 aliphatic carbocycles. The number of nitrogens with one attached hydrogen (secondary N) is 1. The van der Waals surface area contributed by atoms with Crippen LogP contribution in [0.4, 0.5) is 5.69 Å². The van der Waals surface area contributed by atoms with Crippen LogP contribution in [0.5, 0.6) is 0 Å². The largest absolute Gasteiger partial charge is 0.441 e. The lowest BCUT2D eigenvalue weighted by molar-refractivity contribution is 0.102. The van der Waals surface area contributed by atoms with Crippen LogP contribution in [0.3, 0.4) is 0 Å². The molecule has 4 aromatic rings. The van der Waals surface area contributed by atoms with Crippen LogP contribution in [0.1, 0.15) is 23.2 Å². The zero-order valence-electron chi connectivity index (χ0n) is 12.4. The number of aryl methyl sites for hydroxylation is 1. The van der Waals surface area contributed by atoms with E-state index in [1.54, 1.807) is 11.6 Å². The van der Waals surface area contributed by atoms with Gasteiger partial charge in [-0.3, -0.25) is 4.79 Å². The lowest BCUT2D eigenvalue weighted by Crippen LogP contribution is -2.11. The van der Waals surface area contributed by atoms with Crippen LogP contribution < -0.4 is 5.32 Å². The molecular formula is C17H13N3O2S. The number of oxazole rings is 1. The van der Waals surface area contributed by atoms with Crippen LogP contribution in [0, 0.1) is 0 Å². The van der Waals surface area contributed by atoms with E-state index in [-0.39, 0.29) is 5.91 Å². The van der Waals surface area contributed by atoms with Gasteiger partial charge in [-0.25, -0.2) is 9.97 Å². The highest BCUT2D eigenvalue weighted by atomic mass is 32.1. The molecule has 0 aliphatic heterocycles. The molecule has 0 saturated heterocycles. The summed E-state index contributed by atoms with van der Waals surface area (Å²) in [4.78, 5) is 21.0. The van der Waals surface area contributed by atoms with E-state index < -0.39 is 0 Å². The summed E-state index contributed by atoms with van der Waals surface area (Å²) >= 11 is 1.52.